The van der Waals surface area contributed by atoms with Crippen molar-refractivity contribution in [3.05, 3.63) is 340 Å². The van der Waals surface area contributed by atoms with Gasteiger partial charge in [0, 0.05) is 55.2 Å². The second-order valence-corrected chi connectivity index (χ2v) is 24.8. The summed E-state index contributed by atoms with van der Waals surface area (Å²) < 4.78 is 17.8. The molecule has 98 heavy (non-hydrogen) atoms. The minimum Gasteiger partial charge on any atom is -0.452 e. The lowest BCUT2D eigenvalue weighted by molar-refractivity contribution is 0.667. The van der Waals surface area contributed by atoms with Crippen LogP contribution in [0.25, 0.3) is 189 Å². The highest BCUT2D eigenvalue weighted by Crippen LogP contribution is 2.44. The fraction of sp³-hybridized carbons (Fsp3) is 0. The molecule has 6 aromatic heterocycles. The van der Waals surface area contributed by atoms with Gasteiger partial charge < -0.3 is 18.0 Å². The lowest BCUT2D eigenvalue weighted by Gasteiger charge is -2.11. The van der Waals surface area contributed by atoms with E-state index in [2.05, 4.69) is 252 Å². The molecule has 0 atom stereocenters. The van der Waals surface area contributed by atoms with Crippen LogP contribution in [0.4, 0.5) is 0 Å². The van der Waals surface area contributed by atoms with E-state index in [0.29, 0.717) is 22.8 Å². The molecule has 20 aromatic rings. The minimum absolute atomic E-state index is 0.675. The molecule has 0 radical (unpaired) electrons. The lowest BCUT2D eigenvalue weighted by Crippen LogP contribution is -1.94. The zero-order valence-electron chi connectivity index (χ0n) is 52.8. The molecule has 0 bridgehead atoms. The van der Waals surface area contributed by atoms with Crippen molar-refractivity contribution >= 4 is 98.5 Å². The first-order chi connectivity index (χ1) is 48.6. The number of aromatic nitrogens is 6. The van der Waals surface area contributed by atoms with Crippen LogP contribution in [-0.4, -0.2) is 29.1 Å². The van der Waals surface area contributed by atoms with Gasteiger partial charge in [-0.25, -0.2) is 19.9 Å². The minimum atomic E-state index is 0.675. The van der Waals surface area contributed by atoms with Gasteiger partial charge in [-0.3, -0.25) is 0 Å². The molecule has 8 heteroatoms. The monoisotopic (exact) mass is 1250 g/mol. The van der Waals surface area contributed by atoms with Gasteiger partial charge >= 0.3 is 0 Å². The molecule has 0 unspecified atom stereocenters. The molecule has 0 fully saturated rings. The Morgan fingerprint density at radius 1 is 0.235 bits per heavy atom. The van der Waals surface area contributed by atoms with Crippen LogP contribution in [0.5, 0.6) is 0 Å². The highest BCUT2D eigenvalue weighted by atomic mass is 16.3. The van der Waals surface area contributed by atoms with Gasteiger partial charge in [0.25, 0.3) is 0 Å². The van der Waals surface area contributed by atoms with Gasteiger partial charge in [-0.05, 0) is 111 Å². The summed E-state index contributed by atoms with van der Waals surface area (Å²) in [5.74, 6) is 1.35. The maximum Gasteiger partial charge on any atom is 0.180 e. The van der Waals surface area contributed by atoms with E-state index in [9.17, 15) is 0 Å². The van der Waals surface area contributed by atoms with Gasteiger partial charge in [0.1, 0.15) is 33.6 Å². The fourth-order valence-electron chi connectivity index (χ4n) is 14.5. The third-order valence-electron chi connectivity index (χ3n) is 19.0. The number of para-hydroxylation sites is 4. The van der Waals surface area contributed by atoms with Crippen LogP contribution in [0.3, 0.4) is 0 Å². The predicted octanol–water partition coefficient (Wildman–Crippen LogP) is 23.8. The second kappa shape index (κ2) is 23.3. The maximum absolute atomic E-state index is 6.58. The number of fused-ring (bicyclic) bond motifs is 13. The fourth-order valence-corrected chi connectivity index (χ4v) is 14.5. The van der Waals surface area contributed by atoms with E-state index in [1.54, 1.807) is 0 Å². The van der Waals surface area contributed by atoms with E-state index in [1.807, 2.05) is 97.1 Å². The molecule has 0 aliphatic rings. The Hall–Kier alpha value is -13.3. The Bertz CT molecular complexity index is 6350. The summed E-state index contributed by atoms with van der Waals surface area (Å²) in [4.78, 5) is 20.4. The Balaban J connectivity index is 0.000000137. The van der Waals surface area contributed by atoms with E-state index in [0.717, 1.165) is 106 Å². The van der Waals surface area contributed by atoms with E-state index in [1.165, 1.54) is 59.9 Å². The first-order valence-electron chi connectivity index (χ1n) is 33.0. The Labute approximate surface area is 562 Å². The summed E-state index contributed by atoms with van der Waals surface area (Å²) in [6, 6.07) is 119. The molecular weight excluding hydrogens is 1200 g/mol. The zero-order chi connectivity index (χ0) is 64.6. The van der Waals surface area contributed by atoms with Gasteiger partial charge in [-0.15, -0.1) is 0 Å². The van der Waals surface area contributed by atoms with Crippen molar-refractivity contribution in [2.45, 2.75) is 0 Å². The average molecular weight is 1250 g/mol. The zero-order valence-corrected chi connectivity index (χ0v) is 52.8. The van der Waals surface area contributed by atoms with Crippen LogP contribution >= 0.6 is 0 Å². The summed E-state index contributed by atoms with van der Waals surface area (Å²) in [7, 11) is 0. The summed E-state index contributed by atoms with van der Waals surface area (Å²) in [5, 5.41) is 9.39. The third kappa shape index (κ3) is 9.53. The molecule has 0 amide bonds. The molecule has 0 saturated heterocycles. The van der Waals surface area contributed by atoms with Crippen LogP contribution in [0, 0.1) is 0 Å². The number of rotatable bonds is 9. The Kier molecular flexibility index (Phi) is 13.4. The number of nitrogens with zero attached hydrogens (tertiary/aromatic N) is 6. The van der Waals surface area contributed by atoms with E-state index in [-0.39, 0.29) is 0 Å². The molecule has 8 nitrogen and oxygen atoms in total. The molecule has 0 spiro atoms. The third-order valence-corrected chi connectivity index (χ3v) is 19.0. The first kappa shape index (κ1) is 56.3. The van der Waals surface area contributed by atoms with Crippen LogP contribution in [0.2, 0.25) is 0 Å². The van der Waals surface area contributed by atoms with Crippen molar-refractivity contribution in [2.24, 2.45) is 0 Å². The predicted molar refractivity (Wildman–Crippen MR) is 403 cm³/mol. The van der Waals surface area contributed by atoms with Gasteiger partial charge in [0.15, 0.2) is 22.8 Å². The Morgan fingerprint density at radius 3 is 1.04 bits per heavy atom. The van der Waals surface area contributed by atoms with E-state index >= 15 is 0 Å². The normalized spacial score (nSPS) is 11.7. The molecule has 0 saturated carbocycles. The number of hydrogen-bond donors (Lipinski definition) is 0. The molecule has 20 rings (SSSR count). The van der Waals surface area contributed by atoms with E-state index < -0.39 is 0 Å². The number of benzene rings is 14. The molecule has 14 aromatic carbocycles. The smallest absolute Gasteiger partial charge is 0.180 e. The van der Waals surface area contributed by atoms with Crippen LogP contribution in [-0.2, 0) is 0 Å². The quantitative estimate of drug-likeness (QED) is 0.143. The van der Waals surface area contributed by atoms with Gasteiger partial charge in [-0.1, -0.05) is 273 Å². The summed E-state index contributed by atoms with van der Waals surface area (Å²) in [6.07, 6.45) is 0. The SMILES string of the molecule is c1ccc(-c2nc(-c3ccccc3)c3oc4cccc(-c5ccc(-c6ccc(-n7c8ccccc8c8ccccc87)cc6)cc5)c4c3n2)cc1.c1ccc(-c2nc(-c3ccccc3)c3oc4cccc(-c5ccc6cc(-n7c8ccccc8c8ccccc87)ccc6c5)c4c3n2)cc1. The topological polar surface area (TPSA) is 87.7 Å². The molecule has 0 aliphatic carbocycles. The first-order valence-corrected chi connectivity index (χ1v) is 33.0. The van der Waals surface area contributed by atoms with Crippen molar-refractivity contribution in [3.63, 3.8) is 0 Å². The van der Waals surface area contributed by atoms with Crippen molar-refractivity contribution in [3.8, 4) is 90.0 Å². The lowest BCUT2D eigenvalue weighted by atomic mass is 9.97. The van der Waals surface area contributed by atoms with Crippen LogP contribution < -0.4 is 0 Å². The maximum atomic E-state index is 6.58. The van der Waals surface area contributed by atoms with Gasteiger partial charge in [0.05, 0.1) is 32.8 Å². The number of furan rings is 2. The largest absolute Gasteiger partial charge is 0.452 e. The molecule has 6 heterocycles. The van der Waals surface area contributed by atoms with Crippen molar-refractivity contribution in [1.29, 1.82) is 0 Å². The molecule has 458 valence electrons. The summed E-state index contributed by atoms with van der Waals surface area (Å²) >= 11 is 0. The standard InChI is InChI=1S/C46H29N3O.C44H27N3O/c1-3-12-33(13-4-1)43-45-44(48-46(47-43)34-14-5-2-6-15-34)42-36(18-11-21-41(42)50-45)32-24-22-30(23-25-32)31-26-28-35(29-27-31)49-39-19-9-7-16-37(39)38-17-8-10-20-40(38)49;1-3-12-28(13-4-1)41-43-42(46-44(45-41)29-14-5-2-6-15-29)40-34(18-11-21-39(40)48-43)32-23-22-31-27-33(25-24-30(31)26-32)47-37-19-9-7-16-35(37)36-17-8-10-20-38(36)47/h1-29H;1-27H. The van der Waals surface area contributed by atoms with Crippen molar-refractivity contribution in [1.82, 2.24) is 29.1 Å². The Morgan fingerprint density at radius 2 is 0.582 bits per heavy atom. The number of hydrogen-bond acceptors (Lipinski definition) is 6. The summed E-state index contributed by atoms with van der Waals surface area (Å²) in [6.45, 7) is 0. The van der Waals surface area contributed by atoms with Crippen LogP contribution in [0.15, 0.2) is 349 Å². The second-order valence-electron chi connectivity index (χ2n) is 24.8. The molecule has 0 aliphatic heterocycles. The molecule has 0 N–H and O–H groups in total. The van der Waals surface area contributed by atoms with Gasteiger partial charge in [-0.2, -0.15) is 0 Å². The van der Waals surface area contributed by atoms with Crippen LogP contribution in [0.1, 0.15) is 0 Å². The van der Waals surface area contributed by atoms with Crippen molar-refractivity contribution < 1.29 is 8.83 Å². The highest BCUT2D eigenvalue weighted by Gasteiger charge is 2.24. The van der Waals surface area contributed by atoms with Crippen molar-refractivity contribution in [2.75, 3.05) is 0 Å². The molecular formula is C90H56N6O2. The summed E-state index contributed by atoms with van der Waals surface area (Å²) in [5.41, 5.74) is 23.9. The van der Waals surface area contributed by atoms with E-state index in [4.69, 9.17) is 28.8 Å². The average Bonchev–Trinajstić information content (AvgIpc) is 1.61. The highest BCUT2D eigenvalue weighted by molar-refractivity contribution is 6.16. The van der Waals surface area contributed by atoms with Gasteiger partial charge in [0.2, 0.25) is 0 Å².